The lowest BCUT2D eigenvalue weighted by atomic mass is 9.83. The highest BCUT2D eigenvalue weighted by Gasteiger charge is 2.25. The van der Waals surface area contributed by atoms with Crippen LogP contribution in [-0.2, 0) is 6.42 Å². The smallest absolute Gasteiger partial charge is 0.162 e. The first kappa shape index (κ1) is 16.4. The van der Waals surface area contributed by atoms with Crippen molar-refractivity contribution in [3.63, 3.8) is 0 Å². The van der Waals surface area contributed by atoms with E-state index in [1.165, 1.54) is 31.7 Å². The molecule has 1 aliphatic rings. The molecule has 0 radical (unpaired) electrons. The fraction of sp³-hybridized carbons (Fsp3) is 0.667. The fourth-order valence-electron chi connectivity index (χ4n) is 3.45. The molecule has 21 heavy (non-hydrogen) atoms. The maximum absolute atomic E-state index is 13.9. The van der Waals surface area contributed by atoms with Crippen LogP contribution in [0.5, 0.6) is 0 Å². The van der Waals surface area contributed by atoms with Crippen molar-refractivity contribution in [1.82, 2.24) is 5.32 Å². The Hall–Kier alpha value is -0.960. The Bertz CT molecular complexity index is 433. The van der Waals surface area contributed by atoms with Gasteiger partial charge in [0.1, 0.15) is 0 Å². The van der Waals surface area contributed by atoms with Crippen LogP contribution in [0, 0.1) is 23.5 Å². The van der Waals surface area contributed by atoms with E-state index < -0.39 is 11.6 Å². The number of hydrogen-bond acceptors (Lipinski definition) is 1. The first-order valence-corrected chi connectivity index (χ1v) is 8.36. The van der Waals surface area contributed by atoms with Crippen LogP contribution in [0.25, 0.3) is 0 Å². The normalized spacial score (nSPS) is 23.0. The molecular formula is C18H27F2N. The zero-order valence-corrected chi connectivity index (χ0v) is 13.0. The minimum Gasteiger partial charge on any atom is -0.316 e. The largest absolute Gasteiger partial charge is 0.316 e. The number of rotatable bonds is 6. The van der Waals surface area contributed by atoms with Gasteiger partial charge in [-0.2, -0.15) is 0 Å². The summed E-state index contributed by atoms with van der Waals surface area (Å²) in [4.78, 5) is 0. The molecule has 0 aromatic heterocycles. The van der Waals surface area contributed by atoms with Crippen molar-refractivity contribution in [3.05, 3.63) is 35.4 Å². The molecule has 1 aromatic carbocycles. The monoisotopic (exact) mass is 295 g/mol. The van der Waals surface area contributed by atoms with Crippen LogP contribution in [0.15, 0.2) is 18.2 Å². The zero-order chi connectivity index (χ0) is 15.1. The average Bonchev–Trinajstić information content (AvgIpc) is 2.70. The second-order valence-corrected chi connectivity index (χ2v) is 6.28. The third-order valence-corrected chi connectivity index (χ3v) is 4.66. The van der Waals surface area contributed by atoms with Gasteiger partial charge in [-0.3, -0.25) is 0 Å². The van der Waals surface area contributed by atoms with Crippen molar-refractivity contribution in [2.45, 2.75) is 51.9 Å². The van der Waals surface area contributed by atoms with Crippen molar-refractivity contribution in [1.29, 1.82) is 0 Å². The Morgan fingerprint density at radius 1 is 1.10 bits per heavy atom. The van der Waals surface area contributed by atoms with Gasteiger partial charge in [-0.15, -0.1) is 0 Å². The molecule has 1 N–H and O–H groups in total. The lowest BCUT2D eigenvalue weighted by Gasteiger charge is -2.26. The maximum Gasteiger partial charge on any atom is 0.162 e. The van der Waals surface area contributed by atoms with Crippen LogP contribution in [0.3, 0.4) is 0 Å². The highest BCUT2D eigenvalue weighted by Crippen LogP contribution is 2.32. The molecule has 1 fully saturated rings. The molecule has 1 aromatic rings. The Morgan fingerprint density at radius 3 is 2.62 bits per heavy atom. The van der Waals surface area contributed by atoms with Crippen molar-refractivity contribution in [3.8, 4) is 0 Å². The summed E-state index contributed by atoms with van der Waals surface area (Å²) >= 11 is 0. The van der Waals surface area contributed by atoms with E-state index in [1.54, 1.807) is 12.1 Å². The van der Waals surface area contributed by atoms with Crippen molar-refractivity contribution in [2.24, 2.45) is 11.8 Å². The molecule has 0 saturated heterocycles. The molecule has 0 aliphatic heterocycles. The molecule has 0 spiro atoms. The van der Waals surface area contributed by atoms with E-state index in [-0.39, 0.29) is 0 Å². The molecule has 1 saturated carbocycles. The van der Waals surface area contributed by atoms with Crippen LogP contribution in [-0.4, -0.2) is 13.1 Å². The van der Waals surface area contributed by atoms with Gasteiger partial charge in [0.25, 0.3) is 0 Å². The van der Waals surface area contributed by atoms with E-state index in [4.69, 9.17) is 0 Å². The molecule has 1 aliphatic carbocycles. The zero-order valence-electron chi connectivity index (χ0n) is 13.0. The lowest BCUT2D eigenvalue weighted by Crippen LogP contribution is -2.29. The van der Waals surface area contributed by atoms with E-state index in [0.29, 0.717) is 23.8 Å². The van der Waals surface area contributed by atoms with Crippen LogP contribution in [0.4, 0.5) is 8.78 Å². The first-order valence-electron chi connectivity index (χ1n) is 8.36. The predicted molar refractivity (Wildman–Crippen MR) is 83.3 cm³/mol. The van der Waals surface area contributed by atoms with E-state index in [1.807, 2.05) is 0 Å². The highest BCUT2D eigenvalue weighted by atomic mass is 19.2. The maximum atomic E-state index is 13.9. The molecule has 3 heteroatoms. The van der Waals surface area contributed by atoms with Crippen molar-refractivity contribution in [2.75, 3.05) is 13.1 Å². The Balaban J connectivity index is 2.03. The molecule has 0 heterocycles. The third-order valence-electron chi connectivity index (χ3n) is 4.66. The summed E-state index contributed by atoms with van der Waals surface area (Å²) in [7, 11) is 0. The standard InChI is InChI=1S/C18H27F2N/c1-2-11-21-13-16-8-5-3-4-7-14(16)12-15-9-6-10-17(19)18(15)20/h6,9-10,14,16,21H,2-5,7-8,11-13H2,1H3. The van der Waals surface area contributed by atoms with Crippen molar-refractivity contribution < 1.29 is 8.78 Å². The third kappa shape index (κ3) is 4.77. The minimum absolute atomic E-state index is 0.466. The molecule has 1 nitrogen and oxygen atoms in total. The number of hydrogen-bond donors (Lipinski definition) is 1. The van der Waals surface area contributed by atoms with Crippen LogP contribution >= 0.6 is 0 Å². The summed E-state index contributed by atoms with van der Waals surface area (Å²) in [5, 5.41) is 3.51. The highest BCUT2D eigenvalue weighted by molar-refractivity contribution is 5.19. The van der Waals surface area contributed by atoms with Gasteiger partial charge in [0.15, 0.2) is 11.6 Å². The van der Waals surface area contributed by atoms with Gasteiger partial charge in [-0.1, -0.05) is 38.3 Å². The van der Waals surface area contributed by atoms with E-state index in [9.17, 15) is 8.78 Å². The van der Waals surface area contributed by atoms with Crippen LogP contribution in [0.2, 0.25) is 0 Å². The van der Waals surface area contributed by atoms with Crippen LogP contribution in [0.1, 0.15) is 51.0 Å². The van der Waals surface area contributed by atoms with E-state index in [0.717, 1.165) is 25.9 Å². The molecule has 0 bridgehead atoms. The quantitative estimate of drug-likeness (QED) is 0.592. The second-order valence-electron chi connectivity index (χ2n) is 6.28. The minimum atomic E-state index is -0.721. The number of benzene rings is 1. The molecule has 2 unspecified atom stereocenters. The Morgan fingerprint density at radius 2 is 1.86 bits per heavy atom. The van der Waals surface area contributed by atoms with E-state index >= 15 is 0 Å². The number of halogens is 2. The Kier molecular flexibility index (Phi) is 6.62. The molecule has 118 valence electrons. The second kappa shape index (κ2) is 8.47. The van der Waals surface area contributed by atoms with Gasteiger partial charge < -0.3 is 5.32 Å². The summed E-state index contributed by atoms with van der Waals surface area (Å²) in [5.74, 6) is -0.321. The molecule has 2 rings (SSSR count). The summed E-state index contributed by atoms with van der Waals surface area (Å²) < 4.78 is 27.3. The molecule has 2 atom stereocenters. The van der Waals surface area contributed by atoms with Gasteiger partial charge >= 0.3 is 0 Å². The summed E-state index contributed by atoms with van der Waals surface area (Å²) in [5.41, 5.74) is 0.544. The summed E-state index contributed by atoms with van der Waals surface area (Å²) in [6.07, 6.45) is 7.89. The lowest BCUT2D eigenvalue weighted by molar-refractivity contribution is 0.294. The SMILES string of the molecule is CCCNCC1CCCCCC1Cc1cccc(F)c1F. The summed E-state index contributed by atoms with van der Waals surface area (Å²) in [6.45, 7) is 4.21. The topological polar surface area (TPSA) is 12.0 Å². The molecular weight excluding hydrogens is 268 g/mol. The summed E-state index contributed by atoms with van der Waals surface area (Å²) in [6, 6.07) is 4.56. The van der Waals surface area contributed by atoms with E-state index in [2.05, 4.69) is 12.2 Å². The van der Waals surface area contributed by atoms with Gasteiger partial charge in [-0.05, 0) is 62.2 Å². The molecule has 0 amide bonds. The average molecular weight is 295 g/mol. The number of nitrogens with one attached hydrogen (secondary N) is 1. The van der Waals surface area contributed by atoms with Crippen molar-refractivity contribution >= 4 is 0 Å². The van der Waals surface area contributed by atoms with Gasteiger partial charge in [0, 0.05) is 0 Å². The van der Waals surface area contributed by atoms with Crippen LogP contribution < -0.4 is 5.32 Å². The first-order chi connectivity index (χ1) is 10.2. The Labute approximate surface area is 127 Å². The van der Waals surface area contributed by atoms with Gasteiger partial charge in [0.2, 0.25) is 0 Å². The fourth-order valence-corrected chi connectivity index (χ4v) is 3.45. The van der Waals surface area contributed by atoms with Gasteiger partial charge in [-0.25, -0.2) is 8.78 Å². The van der Waals surface area contributed by atoms with Gasteiger partial charge in [0.05, 0.1) is 0 Å². The predicted octanol–water partition coefficient (Wildman–Crippen LogP) is 4.70.